The SMILES string of the molecule is COc1ccc(N2CCN(C(CNS(=O)(=O)c3cccc([N+](=O)[O-])c3)c3ccco3)CC2)cc1. The van der Waals surface area contributed by atoms with Crippen molar-refractivity contribution in [1.29, 1.82) is 0 Å². The molecule has 2 aromatic carbocycles. The molecule has 11 heteroatoms. The van der Waals surface area contributed by atoms with E-state index in [0.717, 1.165) is 30.6 Å². The molecule has 2 heterocycles. The summed E-state index contributed by atoms with van der Waals surface area (Å²) in [6.45, 7) is 3.01. The molecule has 0 aliphatic carbocycles. The van der Waals surface area contributed by atoms with Gasteiger partial charge in [0.2, 0.25) is 10.0 Å². The summed E-state index contributed by atoms with van der Waals surface area (Å²) in [6.07, 6.45) is 1.56. The van der Waals surface area contributed by atoms with Gasteiger partial charge in [-0.3, -0.25) is 15.0 Å². The number of nitrogens with zero attached hydrogens (tertiary/aromatic N) is 3. The highest BCUT2D eigenvalue weighted by Gasteiger charge is 2.29. The van der Waals surface area contributed by atoms with Gasteiger partial charge in [-0.2, -0.15) is 0 Å². The third kappa shape index (κ3) is 5.38. The first-order valence-electron chi connectivity index (χ1n) is 10.8. The molecule has 3 aromatic rings. The average Bonchev–Trinajstić information content (AvgIpc) is 3.39. The number of methoxy groups -OCH3 is 1. The van der Waals surface area contributed by atoms with Crippen LogP contribution in [0.3, 0.4) is 0 Å². The zero-order valence-electron chi connectivity index (χ0n) is 18.7. The molecular formula is C23H26N4O6S. The molecule has 0 radical (unpaired) electrons. The number of furan rings is 1. The second-order valence-electron chi connectivity index (χ2n) is 7.86. The van der Waals surface area contributed by atoms with Crippen molar-refractivity contribution in [2.24, 2.45) is 0 Å². The predicted molar refractivity (Wildman–Crippen MR) is 127 cm³/mol. The van der Waals surface area contributed by atoms with E-state index < -0.39 is 14.9 Å². The Kier molecular flexibility index (Phi) is 7.15. The average molecular weight is 487 g/mol. The van der Waals surface area contributed by atoms with Crippen molar-refractivity contribution in [3.8, 4) is 5.75 Å². The Labute approximate surface area is 197 Å². The monoisotopic (exact) mass is 486 g/mol. The fraction of sp³-hybridized carbons (Fsp3) is 0.304. The summed E-state index contributed by atoms with van der Waals surface area (Å²) in [5.74, 6) is 1.45. The molecule has 4 rings (SSSR count). The molecule has 1 aliphatic heterocycles. The number of nitrogens with one attached hydrogen (secondary N) is 1. The number of hydrogen-bond donors (Lipinski definition) is 1. The number of piperazine rings is 1. The number of hydrogen-bond acceptors (Lipinski definition) is 8. The fourth-order valence-electron chi connectivity index (χ4n) is 4.01. The smallest absolute Gasteiger partial charge is 0.270 e. The molecular weight excluding hydrogens is 460 g/mol. The summed E-state index contributed by atoms with van der Waals surface area (Å²) >= 11 is 0. The van der Waals surface area contributed by atoms with Crippen LogP contribution in [0.1, 0.15) is 11.8 Å². The molecule has 1 N–H and O–H groups in total. The lowest BCUT2D eigenvalue weighted by atomic mass is 10.1. The highest BCUT2D eigenvalue weighted by Crippen LogP contribution is 2.26. The molecule has 1 aromatic heterocycles. The Morgan fingerprint density at radius 1 is 1.09 bits per heavy atom. The number of nitro benzene ring substituents is 1. The summed E-state index contributed by atoms with van der Waals surface area (Å²) in [7, 11) is -2.31. The van der Waals surface area contributed by atoms with E-state index in [2.05, 4.69) is 14.5 Å². The van der Waals surface area contributed by atoms with E-state index in [1.165, 1.54) is 18.2 Å². The molecule has 0 amide bonds. The Bertz CT molecular complexity index is 1210. The minimum Gasteiger partial charge on any atom is -0.497 e. The van der Waals surface area contributed by atoms with Gasteiger partial charge in [0.1, 0.15) is 11.5 Å². The van der Waals surface area contributed by atoms with Gasteiger partial charge < -0.3 is 14.1 Å². The lowest BCUT2D eigenvalue weighted by Crippen LogP contribution is -2.49. The molecule has 180 valence electrons. The number of anilines is 1. The van der Waals surface area contributed by atoms with Crippen LogP contribution in [0.25, 0.3) is 0 Å². The number of rotatable bonds is 9. The number of non-ortho nitro benzene ring substituents is 1. The molecule has 1 saturated heterocycles. The van der Waals surface area contributed by atoms with Crippen LogP contribution in [0.5, 0.6) is 5.75 Å². The number of sulfonamides is 1. The maximum absolute atomic E-state index is 12.9. The van der Waals surface area contributed by atoms with Gasteiger partial charge in [0.15, 0.2) is 0 Å². The second-order valence-corrected chi connectivity index (χ2v) is 9.63. The first-order valence-corrected chi connectivity index (χ1v) is 12.3. The quantitative estimate of drug-likeness (QED) is 0.362. The van der Waals surface area contributed by atoms with Gasteiger partial charge in [0.05, 0.1) is 29.2 Å². The molecule has 1 fully saturated rings. The highest BCUT2D eigenvalue weighted by atomic mass is 32.2. The first kappa shape index (κ1) is 23.7. The number of nitro groups is 1. The van der Waals surface area contributed by atoms with E-state index in [0.29, 0.717) is 18.8 Å². The van der Waals surface area contributed by atoms with Crippen molar-refractivity contribution < 1.29 is 22.5 Å². The van der Waals surface area contributed by atoms with Crippen molar-refractivity contribution >= 4 is 21.4 Å². The minimum absolute atomic E-state index is 0.0705. The summed E-state index contributed by atoms with van der Waals surface area (Å²) in [4.78, 5) is 14.7. The summed E-state index contributed by atoms with van der Waals surface area (Å²) in [5.41, 5.74) is 0.821. The van der Waals surface area contributed by atoms with Crippen LogP contribution < -0.4 is 14.4 Å². The normalized spacial score (nSPS) is 15.7. The van der Waals surface area contributed by atoms with Gasteiger partial charge in [0, 0.05) is 50.5 Å². The molecule has 0 saturated carbocycles. The molecule has 10 nitrogen and oxygen atoms in total. The Morgan fingerprint density at radius 2 is 1.82 bits per heavy atom. The lowest BCUT2D eigenvalue weighted by molar-refractivity contribution is -0.385. The maximum Gasteiger partial charge on any atom is 0.270 e. The van der Waals surface area contributed by atoms with Crippen molar-refractivity contribution in [2.45, 2.75) is 10.9 Å². The van der Waals surface area contributed by atoms with Crippen molar-refractivity contribution in [3.63, 3.8) is 0 Å². The molecule has 1 unspecified atom stereocenters. The fourth-order valence-corrected chi connectivity index (χ4v) is 5.09. The Balaban J connectivity index is 1.45. The summed E-state index contributed by atoms with van der Waals surface area (Å²) in [6, 6.07) is 16.2. The van der Waals surface area contributed by atoms with Crippen LogP contribution in [-0.2, 0) is 10.0 Å². The van der Waals surface area contributed by atoms with Gasteiger partial charge in [0.25, 0.3) is 5.69 Å². The number of ether oxygens (including phenoxy) is 1. The maximum atomic E-state index is 12.9. The van der Waals surface area contributed by atoms with Gasteiger partial charge in [-0.25, -0.2) is 13.1 Å². The highest BCUT2D eigenvalue weighted by molar-refractivity contribution is 7.89. The topological polar surface area (TPSA) is 118 Å². The van der Waals surface area contributed by atoms with Crippen LogP contribution in [-0.4, -0.2) is 58.1 Å². The third-order valence-corrected chi connectivity index (χ3v) is 7.29. The standard InChI is InChI=1S/C23H26N4O6S/c1-32-20-9-7-18(8-10-20)25-11-13-26(14-12-25)22(23-6-3-15-33-23)17-24-34(30,31)21-5-2-4-19(16-21)27(28)29/h2-10,15-16,22,24H,11-14,17H2,1H3. The third-order valence-electron chi connectivity index (χ3n) is 5.87. The van der Waals surface area contributed by atoms with E-state index in [9.17, 15) is 18.5 Å². The minimum atomic E-state index is -3.95. The summed E-state index contributed by atoms with van der Waals surface area (Å²) in [5, 5.41) is 11.0. The number of benzene rings is 2. The summed E-state index contributed by atoms with van der Waals surface area (Å²) < 4.78 is 39.1. The van der Waals surface area contributed by atoms with E-state index in [-0.39, 0.29) is 23.2 Å². The van der Waals surface area contributed by atoms with Crippen LogP contribution in [0.2, 0.25) is 0 Å². The van der Waals surface area contributed by atoms with Crippen LogP contribution in [0.4, 0.5) is 11.4 Å². The zero-order valence-corrected chi connectivity index (χ0v) is 19.5. The van der Waals surface area contributed by atoms with E-state index in [4.69, 9.17) is 9.15 Å². The second kappa shape index (κ2) is 10.2. The van der Waals surface area contributed by atoms with Crippen molar-refractivity contribution in [3.05, 3.63) is 82.8 Å². The Hall–Kier alpha value is -3.41. The zero-order chi connectivity index (χ0) is 24.1. The van der Waals surface area contributed by atoms with Crippen molar-refractivity contribution in [1.82, 2.24) is 9.62 Å². The van der Waals surface area contributed by atoms with Gasteiger partial charge in [-0.1, -0.05) is 6.07 Å². The van der Waals surface area contributed by atoms with Crippen LogP contribution in [0.15, 0.2) is 76.2 Å². The predicted octanol–water partition coefficient (Wildman–Crippen LogP) is 3.04. The van der Waals surface area contributed by atoms with E-state index in [1.807, 2.05) is 30.3 Å². The molecule has 34 heavy (non-hydrogen) atoms. The lowest BCUT2D eigenvalue weighted by Gasteiger charge is -2.39. The van der Waals surface area contributed by atoms with Gasteiger partial charge in [-0.15, -0.1) is 0 Å². The molecule has 0 spiro atoms. The van der Waals surface area contributed by atoms with E-state index in [1.54, 1.807) is 19.4 Å². The Morgan fingerprint density at radius 3 is 2.44 bits per heavy atom. The van der Waals surface area contributed by atoms with Crippen molar-refractivity contribution in [2.75, 3.05) is 44.7 Å². The van der Waals surface area contributed by atoms with E-state index >= 15 is 0 Å². The van der Waals surface area contributed by atoms with Gasteiger partial charge in [-0.05, 0) is 42.5 Å². The van der Waals surface area contributed by atoms with Crippen LogP contribution in [0, 0.1) is 10.1 Å². The molecule has 1 atom stereocenters. The van der Waals surface area contributed by atoms with Gasteiger partial charge >= 0.3 is 0 Å². The van der Waals surface area contributed by atoms with Crippen LogP contribution >= 0.6 is 0 Å². The first-order chi connectivity index (χ1) is 16.4. The molecule has 0 bridgehead atoms. The molecule has 1 aliphatic rings. The largest absolute Gasteiger partial charge is 0.497 e.